The molecular weight excluding hydrogens is 344 g/mol. The van der Waals surface area contributed by atoms with Crippen LogP contribution < -0.4 is 5.32 Å². The third kappa shape index (κ3) is 2.98. The summed E-state index contributed by atoms with van der Waals surface area (Å²) in [5.41, 5.74) is 4.35. The molecule has 4 aromatic rings. The SMILES string of the molecule is Cc1ccccc1Nc1ccc(C(=O)n2ccc3ccccc32)c(Cl)c1. The zero-order valence-corrected chi connectivity index (χ0v) is 15.0. The number of carbonyl (C=O) groups is 1. The van der Waals surface area contributed by atoms with Crippen molar-refractivity contribution in [2.45, 2.75) is 6.92 Å². The minimum absolute atomic E-state index is 0.140. The van der Waals surface area contributed by atoms with Crippen molar-refractivity contribution < 1.29 is 4.79 Å². The lowest BCUT2D eigenvalue weighted by Crippen LogP contribution is -2.11. The van der Waals surface area contributed by atoms with E-state index in [0.29, 0.717) is 10.6 Å². The van der Waals surface area contributed by atoms with E-state index in [0.717, 1.165) is 27.8 Å². The van der Waals surface area contributed by atoms with Gasteiger partial charge in [0.05, 0.1) is 16.1 Å². The van der Waals surface area contributed by atoms with E-state index in [4.69, 9.17) is 11.6 Å². The molecule has 0 amide bonds. The molecule has 0 saturated carbocycles. The van der Waals surface area contributed by atoms with E-state index in [9.17, 15) is 4.79 Å². The molecule has 0 aliphatic rings. The van der Waals surface area contributed by atoms with Crippen molar-refractivity contribution in [3.8, 4) is 0 Å². The third-order valence-electron chi connectivity index (χ3n) is 4.44. The monoisotopic (exact) mass is 360 g/mol. The standard InChI is InChI=1S/C22H17ClN2O/c1-15-6-2-4-8-20(15)24-17-10-11-18(19(23)14-17)22(26)25-13-12-16-7-3-5-9-21(16)25/h2-14,24H,1H3. The normalized spacial score (nSPS) is 10.8. The van der Waals surface area contributed by atoms with Gasteiger partial charge >= 0.3 is 0 Å². The Labute approximate surface area is 156 Å². The van der Waals surface area contributed by atoms with Crippen LogP contribution in [0, 0.1) is 6.92 Å². The maximum Gasteiger partial charge on any atom is 0.263 e. The van der Waals surface area contributed by atoms with Crippen molar-refractivity contribution in [3.63, 3.8) is 0 Å². The first-order valence-corrected chi connectivity index (χ1v) is 8.74. The summed E-state index contributed by atoms with van der Waals surface area (Å²) < 4.78 is 1.63. The van der Waals surface area contributed by atoms with Gasteiger partial charge in [-0.3, -0.25) is 9.36 Å². The van der Waals surface area contributed by atoms with Crippen LogP contribution in [0.2, 0.25) is 5.02 Å². The molecule has 0 fully saturated rings. The largest absolute Gasteiger partial charge is 0.355 e. The molecule has 0 bridgehead atoms. The maximum absolute atomic E-state index is 12.9. The van der Waals surface area contributed by atoms with Gasteiger partial charge in [-0.15, -0.1) is 0 Å². The third-order valence-corrected chi connectivity index (χ3v) is 4.75. The van der Waals surface area contributed by atoms with Gasteiger partial charge in [0.1, 0.15) is 0 Å². The minimum atomic E-state index is -0.140. The predicted molar refractivity (Wildman–Crippen MR) is 108 cm³/mol. The van der Waals surface area contributed by atoms with Crippen molar-refractivity contribution in [3.05, 3.63) is 95.1 Å². The Morgan fingerprint density at radius 1 is 0.962 bits per heavy atom. The van der Waals surface area contributed by atoms with Crippen LogP contribution in [0.5, 0.6) is 0 Å². The Balaban J connectivity index is 1.66. The Kier molecular flexibility index (Phi) is 4.23. The number of halogens is 1. The predicted octanol–water partition coefficient (Wildman–Crippen LogP) is 6.04. The number of aromatic nitrogens is 1. The average molecular weight is 361 g/mol. The number of hydrogen-bond acceptors (Lipinski definition) is 2. The van der Waals surface area contributed by atoms with Crippen LogP contribution in [0.25, 0.3) is 10.9 Å². The fourth-order valence-corrected chi connectivity index (χ4v) is 3.29. The highest BCUT2D eigenvalue weighted by Crippen LogP contribution is 2.27. The number of fused-ring (bicyclic) bond motifs is 1. The number of para-hydroxylation sites is 2. The van der Waals surface area contributed by atoms with Gasteiger partial charge in [-0.05, 0) is 48.9 Å². The number of aryl methyl sites for hydroxylation is 1. The second-order valence-electron chi connectivity index (χ2n) is 6.18. The average Bonchev–Trinajstić information content (AvgIpc) is 3.07. The number of anilines is 2. The highest BCUT2D eigenvalue weighted by atomic mass is 35.5. The quantitative estimate of drug-likeness (QED) is 0.483. The maximum atomic E-state index is 12.9. The summed E-state index contributed by atoms with van der Waals surface area (Å²) in [7, 11) is 0. The lowest BCUT2D eigenvalue weighted by atomic mass is 10.1. The Morgan fingerprint density at radius 2 is 1.73 bits per heavy atom. The van der Waals surface area contributed by atoms with Gasteiger partial charge in [0, 0.05) is 23.0 Å². The van der Waals surface area contributed by atoms with Gasteiger partial charge in [0.2, 0.25) is 0 Å². The highest BCUT2D eigenvalue weighted by molar-refractivity contribution is 6.34. The van der Waals surface area contributed by atoms with Crippen molar-refractivity contribution >= 4 is 39.8 Å². The fraction of sp³-hybridized carbons (Fsp3) is 0.0455. The van der Waals surface area contributed by atoms with Crippen LogP contribution in [-0.4, -0.2) is 10.5 Å². The number of nitrogens with zero attached hydrogens (tertiary/aromatic N) is 1. The molecule has 3 aromatic carbocycles. The fourth-order valence-electron chi connectivity index (χ4n) is 3.02. The molecule has 0 aliphatic heterocycles. The molecule has 4 rings (SSSR count). The zero-order chi connectivity index (χ0) is 18.1. The molecular formula is C22H17ClN2O. The van der Waals surface area contributed by atoms with E-state index in [1.807, 2.05) is 67.6 Å². The molecule has 1 heterocycles. The first kappa shape index (κ1) is 16.4. The van der Waals surface area contributed by atoms with E-state index in [2.05, 4.69) is 5.32 Å². The van der Waals surface area contributed by atoms with Gasteiger partial charge < -0.3 is 5.32 Å². The first-order valence-electron chi connectivity index (χ1n) is 8.36. The molecule has 26 heavy (non-hydrogen) atoms. The van der Waals surface area contributed by atoms with Crippen molar-refractivity contribution in [2.24, 2.45) is 0 Å². The zero-order valence-electron chi connectivity index (χ0n) is 14.2. The Bertz CT molecular complexity index is 1110. The Morgan fingerprint density at radius 3 is 2.54 bits per heavy atom. The molecule has 128 valence electrons. The summed E-state index contributed by atoms with van der Waals surface area (Å²) in [5.74, 6) is -0.140. The molecule has 1 N–H and O–H groups in total. The first-order chi connectivity index (χ1) is 12.6. The van der Waals surface area contributed by atoms with Gasteiger partial charge in [0.15, 0.2) is 0 Å². The van der Waals surface area contributed by atoms with Crippen LogP contribution in [-0.2, 0) is 0 Å². The Hall–Kier alpha value is -3.04. The molecule has 0 atom stereocenters. The molecule has 0 spiro atoms. The molecule has 3 nitrogen and oxygen atoms in total. The number of hydrogen-bond donors (Lipinski definition) is 1. The number of nitrogens with one attached hydrogen (secondary N) is 1. The lowest BCUT2D eigenvalue weighted by molar-refractivity contribution is 0.0965. The molecule has 0 saturated heterocycles. The van der Waals surface area contributed by atoms with Crippen LogP contribution >= 0.6 is 11.6 Å². The van der Waals surface area contributed by atoms with Crippen LogP contribution in [0.4, 0.5) is 11.4 Å². The second-order valence-corrected chi connectivity index (χ2v) is 6.59. The van der Waals surface area contributed by atoms with Crippen LogP contribution in [0.1, 0.15) is 15.9 Å². The van der Waals surface area contributed by atoms with Crippen molar-refractivity contribution in [2.75, 3.05) is 5.32 Å². The summed E-state index contributed by atoms with van der Waals surface area (Å²) in [5, 5.41) is 4.79. The summed E-state index contributed by atoms with van der Waals surface area (Å²) in [6.07, 6.45) is 1.78. The minimum Gasteiger partial charge on any atom is -0.355 e. The van der Waals surface area contributed by atoms with E-state index in [1.54, 1.807) is 22.9 Å². The summed E-state index contributed by atoms with van der Waals surface area (Å²) in [6, 6.07) is 23.2. The smallest absolute Gasteiger partial charge is 0.263 e. The van der Waals surface area contributed by atoms with Gasteiger partial charge in [-0.1, -0.05) is 48.0 Å². The van der Waals surface area contributed by atoms with Crippen molar-refractivity contribution in [1.29, 1.82) is 0 Å². The van der Waals surface area contributed by atoms with Gasteiger partial charge in [-0.2, -0.15) is 0 Å². The highest BCUT2D eigenvalue weighted by Gasteiger charge is 2.15. The van der Waals surface area contributed by atoms with Crippen molar-refractivity contribution in [1.82, 2.24) is 4.57 Å². The van der Waals surface area contributed by atoms with Gasteiger partial charge in [0.25, 0.3) is 5.91 Å². The van der Waals surface area contributed by atoms with Gasteiger partial charge in [-0.25, -0.2) is 0 Å². The van der Waals surface area contributed by atoms with E-state index < -0.39 is 0 Å². The van der Waals surface area contributed by atoms with Crippen LogP contribution in [0.3, 0.4) is 0 Å². The number of carbonyl (C=O) groups excluding carboxylic acids is 1. The van der Waals surface area contributed by atoms with E-state index in [1.165, 1.54) is 0 Å². The molecule has 0 radical (unpaired) electrons. The van der Waals surface area contributed by atoms with Crippen LogP contribution in [0.15, 0.2) is 79.0 Å². The second kappa shape index (κ2) is 6.70. The molecule has 0 unspecified atom stereocenters. The van der Waals surface area contributed by atoms with E-state index in [-0.39, 0.29) is 5.91 Å². The molecule has 0 aliphatic carbocycles. The summed E-state index contributed by atoms with van der Waals surface area (Å²) in [6.45, 7) is 2.04. The topological polar surface area (TPSA) is 34.0 Å². The molecule has 1 aromatic heterocycles. The number of rotatable bonds is 3. The summed E-state index contributed by atoms with van der Waals surface area (Å²) in [4.78, 5) is 12.9. The van der Waals surface area contributed by atoms with E-state index >= 15 is 0 Å². The molecule has 4 heteroatoms. The lowest BCUT2D eigenvalue weighted by Gasteiger charge is -2.12. The summed E-state index contributed by atoms with van der Waals surface area (Å²) >= 11 is 6.42. The number of benzene rings is 3.